The predicted octanol–water partition coefficient (Wildman–Crippen LogP) is 10.9. The van der Waals surface area contributed by atoms with Crippen LogP contribution < -0.4 is 0 Å². The van der Waals surface area contributed by atoms with Gasteiger partial charge in [-0.2, -0.15) is 0 Å². The third kappa shape index (κ3) is 3.41. The van der Waals surface area contributed by atoms with Gasteiger partial charge in [0.05, 0.1) is 13.7 Å². The van der Waals surface area contributed by atoms with Crippen molar-refractivity contribution in [3.8, 4) is 33.4 Å². The predicted molar refractivity (Wildman–Crippen MR) is 165 cm³/mol. The van der Waals surface area contributed by atoms with Gasteiger partial charge in [-0.25, -0.2) is 0 Å². The van der Waals surface area contributed by atoms with E-state index < -0.39 is 36.3 Å². The lowest BCUT2D eigenvalue weighted by molar-refractivity contribution is 0.670. The van der Waals surface area contributed by atoms with E-state index in [2.05, 4.69) is 0 Å². The van der Waals surface area contributed by atoms with E-state index >= 15 is 0 Å². The number of benzene rings is 7. The normalized spacial score (nSPS) is 15.2. The van der Waals surface area contributed by atoms with Crippen LogP contribution in [-0.4, -0.2) is 0 Å². The smallest absolute Gasteiger partial charge is 0.143 e. The molecule has 0 aliphatic carbocycles. The SMILES string of the molecule is [2H]c1c([2H])c([2H])c(-c2c3ccccc3c(-c3cc(-c4c([2H])c([2H])c([2H])c([2H])c4[2H])c4oc5ccccc5c4c3)c3ccccc23)c([2H])c1[2H]. The summed E-state index contributed by atoms with van der Waals surface area (Å²) < 4.78 is 91.7. The molecule has 8 rings (SSSR count). The highest BCUT2D eigenvalue weighted by Gasteiger charge is 2.20. The fraction of sp³-hybridized carbons (Fsp3) is 0. The Morgan fingerprint density at radius 2 is 0.923 bits per heavy atom. The lowest BCUT2D eigenvalue weighted by atomic mass is 9.85. The van der Waals surface area contributed by atoms with Crippen LogP contribution in [0, 0.1) is 0 Å². The van der Waals surface area contributed by atoms with E-state index in [1.54, 1.807) is 6.07 Å². The molecular formula is C38H24O. The molecule has 0 fully saturated rings. The van der Waals surface area contributed by atoms with E-state index in [1.807, 2.05) is 78.9 Å². The molecule has 7 aromatic carbocycles. The second-order valence-electron chi connectivity index (χ2n) is 9.34. The van der Waals surface area contributed by atoms with Crippen molar-refractivity contribution in [2.24, 2.45) is 0 Å². The zero-order valence-corrected chi connectivity index (χ0v) is 20.5. The van der Waals surface area contributed by atoms with E-state index in [0.29, 0.717) is 44.0 Å². The lowest BCUT2D eigenvalue weighted by Gasteiger charge is -2.18. The van der Waals surface area contributed by atoms with Crippen molar-refractivity contribution in [2.75, 3.05) is 0 Å². The standard InChI is InChI=1S/C38H24O/c1-3-13-25(14-4-1)33-23-27(24-34-28-17-11-12-22-35(28)39-38(33)34)37-31-20-9-7-18-29(31)36(26-15-5-2-6-16-26)30-19-8-10-21-32(30)37/h1-24H/i1D,2D,3D,4D,5D,6D,13D,14D,15D,16D. The van der Waals surface area contributed by atoms with E-state index in [4.69, 9.17) is 18.1 Å². The van der Waals surface area contributed by atoms with Gasteiger partial charge in [0.15, 0.2) is 0 Å². The van der Waals surface area contributed by atoms with Crippen molar-refractivity contribution in [1.82, 2.24) is 0 Å². The van der Waals surface area contributed by atoms with Crippen molar-refractivity contribution in [3.63, 3.8) is 0 Å². The molecule has 0 bridgehead atoms. The van der Waals surface area contributed by atoms with Crippen LogP contribution >= 0.6 is 0 Å². The van der Waals surface area contributed by atoms with Gasteiger partial charge in [0.25, 0.3) is 0 Å². The van der Waals surface area contributed by atoms with Crippen LogP contribution in [0.5, 0.6) is 0 Å². The minimum Gasteiger partial charge on any atom is -0.455 e. The summed E-state index contributed by atoms with van der Waals surface area (Å²) in [5.74, 6) is 0. The van der Waals surface area contributed by atoms with Crippen LogP contribution in [0.15, 0.2) is 150 Å². The zero-order chi connectivity index (χ0) is 34.5. The molecule has 8 aromatic rings. The van der Waals surface area contributed by atoms with Crippen LogP contribution in [0.4, 0.5) is 0 Å². The summed E-state index contributed by atoms with van der Waals surface area (Å²) in [6.07, 6.45) is 0. The Balaban J connectivity index is 1.57. The monoisotopic (exact) mass is 506 g/mol. The summed E-state index contributed by atoms with van der Waals surface area (Å²) in [4.78, 5) is 0. The molecule has 39 heavy (non-hydrogen) atoms. The first-order valence-electron chi connectivity index (χ1n) is 17.5. The van der Waals surface area contributed by atoms with E-state index in [0.717, 1.165) is 21.7 Å². The van der Waals surface area contributed by atoms with Gasteiger partial charge in [-0.1, -0.05) is 127 Å². The molecule has 0 aliphatic rings. The Hall–Kier alpha value is -5.14. The van der Waals surface area contributed by atoms with Crippen molar-refractivity contribution in [3.05, 3.63) is 145 Å². The van der Waals surface area contributed by atoms with Crippen molar-refractivity contribution in [1.29, 1.82) is 0 Å². The van der Waals surface area contributed by atoms with Crippen LogP contribution in [-0.2, 0) is 0 Å². The second kappa shape index (κ2) is 8.72. The van der Waals surface area contributed by atoms with Gasteiger partial charge in [-0.05, 0) is 67.6 Å². The molecule has 1 nitrogen and oxygen atoms in total. The molecule has 0 N–H and O–H groups in total. The van der Waals surface area contributed by atoms with E-state index in [9.17, 15) is 0 Å². The minimum absolute atomic E-state index is 0.0151. The molecule has 0 atom stereocenters. The van der Waals surface area contributed by atoms with Gasteiger partial charge in [-0.3, -0.25) is 0 Å². The molecule has 0 radical (unpaired) electrons. The fourth-order valence-electron chi connectivity index (χ4n) is 5.63. The van der Waals surface area contributed by atoms with Gasteiger partial charge in [-0.15, -0.1) is 0 Å². The maximum atomic E-state index is 8.84. The first-order valence-corrected chi connectivity index (χ1v) is 12.5. The summed E-state index contributed by atoms with van der Waals surface area (Å²) >= 11 is 0. The van der Waals surface area contributed by atoms with Gasteiger partial charge in [0, 0.05) is 16.3 Å². The number of hydrogen-bond donors (Lipinski definition) is 0. The van der Waals surface area contributed by atoms with Crippen molar-refractivity contribution >= 4 is 43.5 Å². The second-order valence-corrected chi connectivity index (χ2v) is 9.34. The van der Waals surface area contributed by atoms with E-state index in [1.165, 1.54) is 0 Å². The highest BCUT2D eigenvalue weighted by atomic mass is 16.3. The summed E-state index contributed by atoms with van der Waals surface area (Å²) in [5.41, 5.74) is 3.37. The van der Waals surface area contributed by atoms with Crippen molar-refractivity contribution in [2.45, 2.75) is 0 Å². The minimum atomic E-state index is -0.490. The molecule has 0 amide bonds. The van der Waals surface area contributed by atoms with Crippen LogP contribution in [0.3, 0.4) is 0 Å². The molecule has 1 aromatic heterocycles. The van der Waals surface area contributed by atoms with Gasteiger partial charge >= 0.3 is 0 Å². The van der Waals surface area contributed by atoms with E-state index in [-0.39, 0.29) is 35.3 Å². The summed E-state index contributed by atoms with van der Waals surface area (Å²) in [5, 5.41) is 4.28. The molecule has 0 saturated heterocycles. The quantitative estimate of drug-likeness (QED) is 0.217. The van der Waals surface area contributed by atoms with Crippen LogP contribution in [0.1, 0.15) is 13.7 Å². The molecule has 1 heterocycles. The third-order valence-corrected chi connectivity index (χ3v) is 7.22. The Kier molecular flexibility index (Phi) is 3.16. The van der Waals surface area contributed by atoms with Gasteiger partial charge < -0.3 is 4.42 Å². The number of para-hydroxylation sites is 1. The first kappa shape index (κ1) is 14.1. The molecule has 182 valence electrons. The fourth-order valence-corrected chi connectivity index (χ4v) is 5.63. The highest BCUT2D eigenvalue weighted by Crippen LogP contribution is 2.46. The molecule has 1 heteroatoms. The highest BCUT2D eigenvalue weighted by molar-refractivity contribution is 6.22. The Bertz CT molecular complexity index is 2620. The zero-order valence-electron chi connectivity index (χ0n) is 30.5. The maximum absolute atomic E-state index is 8.84. The molecule has 0 unspecified atom stereocenters. The largest absolute Gasteiger partial charge is 0.455 e. The van der Waals surface area contributed by atoms with Crippen LogP contribution in [0.25, 0.3) is 76.9 Å². The van der Waals surface area contributed by atoms with Crippen molar-refractivity contribution < 1.29 is 18.1 Å². The number of hydrogen-bond acceptors (Lipinski definition) is 1. The average molecular weight is 507 g/mol. The molecule has 0 aliphatic heterocycles. The lowest BCUT2D eigenvalue weighted by Crippen LogP contribution is -1.91. The molecular weight excluding hydrogens is 472 g/mol. The molecule has 0 spiro atoms. The Morgan fingerprint density at radius 1 is 0.436 bits per heavy atom. The van der Waals surface area contributed by atoms with Crippen LogP contribution in [0.2, 0.25) is 0 Å². The maximum Gasteiger partial charge on any atom is 0.143 e. The number of rotatable bonds is 3. The summed E-state index contributed by atoms with van der Waals surface area (Å²) in [7, 11) is 0. The number of fused-ring (bicyclic) bond motifs is 5. The van der Waals surface area contributed by atoms with Gasteiger partial charge in [0.2, 0.25) is 0 Å². The molecule has 0 saturated carbocycles. The third-order valence-electron chi connectivity index (χ3n) is 7.22. The Labute approximate surface area is 240 Å². The average Bonchev–Trinajstić information content (AvgIpc) is 3.50. The summed E-state index contributed by atoms with van der Waals surface area (Å²) in [6, 6.07) is 22.2. The van der Waals surface area contributed by atoms with Gasteiger partial charge in [0.1, 0.15) is 11.2 Å². The summed E-state index contributed by atoms with van der Waals surface area (Å²) in [6.45, 7) is 0. The number of furan rings is 1. The topological polar surface area (TPSA) is 13.1 Å². The Morgan fingerprint density at radius 3 is 1.51 bits per heavy atom. The first-order chi connectivity index (χ1) is 23.5.